The van der Waals surface area contributed by atoms with Gasteiger partial charge in [0.15, 0.2) is 0 Å². The van der Waals surface area contributed by atoms with Crippen LogP contribution in [0.15, 0.2) is 29.2 Å². The smallest absolute Gasteiger partial charge is 0.241 e. The minimum absolute atomic E-state index is 0.0711. The highest BCUT2D eigenvalue weighted by Gasteiger charge is 2.19. The summed E-state index contributed by atoms with van der Waals surface area (Å²) in [4.78, 5) is 0.286. The van der Waals surface area contributed by atoms with E-state index in [4.69, 9.17) is 5.73 Å². The second-order valence-electron chi connectivity index (χ2n) is 5.31. The molecule has 1 rings (SSSR count). The molecule has 0 fully saturated rings. The first-order chi connectivity index (χ1) is 8.86. The summed E-state index contributed by atoms with van der Waals surface area (Å²) in [5.41, 5.74) is 6.23. The van der Waals surface area contributed by atoms with Gasteiger partial charge in [0.25, 0.3) is 0 Å². The van der Waals surface area contributed by atoms with Gasteiger partial charge in [-0.3, -0.25) is 0 Å². The van der Waals surface area contributed by atoms with Crippen molar-refractivity contribution in [1.29, 1.82) is 0 Å². The molecule has 0 amide bonds. The van der Waals surface area contributed by atoms with E-state index >= 15 is 0 Å². The van der Waals surface area contributed by atoms with E-state index in [2.05, 4.69) is 18.6 Å². The molecule has 0 radical (unpaired) electrons. The molecule has 108 valence electrons. The van der Waals surface area contributed by atoms with Crippen LogP contribution in [0.5, 0.6) is 0 Å². The lowest BCUT2D eigenvalue weighted by atomic mass is 10.1. The van der Waals surface area contributed by atoms with E-state index in [-0.39, 0.29) is 17.5 Å². The molecule has 0 aliphatic rings. The van der Waals surface area contributed by atoms with Crippen molar-refractivity contribution in [2.24, 2.45) is 11.7 Å². The van der Waals surface area contributed by atoms with E-state index in [9.17, 15) is 8.42 Å². The lowest BCUT2D eigenvalue weighted by Gasteiger charge is -2.16. The topological polar surface area (TPSA) is 72.2 Å². The van der Waals surface area contributed by atoms with Gasteiger partial charge < -0.3 is 5.73 Å². The maximum Gasteiger partial charge on any atom is 0.241 e. The Morgan fingerprint density at radius 2 is 1.79 bits per heavy atom. The first kappa shape index (κ1) is 16.1. The van der Waals surface area contributed by atoms with E-state index in [1.165, 1.54) is 0 Å². The van der Waals surface area contributed by atoms with Crippen LogP contribution in [-0.2, 0) is 16.6 Å². The van der Waals surface area contributed by atoms with E-state index in [1.807, 2.05) is 6.92 Å². The summed E-state index contributed by atoms with van der Waals surface area (Å²) >= 11 is 0. The van der Waals surface area contributed by atoms with Crippen molar-refractivity contribution >= 4 is 10.0 Å². The highest BCUT2D eigenvalue weighted by atomic mass is 32.2. The fraction of sp³-hybridized carbons (Fsp3) is 0.571. The standard InChI is InChI=1S/C14H24N2O2S/c1-11(2)8-9-12(3)16-19(17,18)14-7-5-4-6-13(14)10-15/h4-7,11-12,16H,8-10,15H2,1-3H3. The van der Waals surface area contributed by atoms with Crippen LogP contribution >= 0.6 is 0 Å². The van der Waals surface area contributed by atoms with E-state index in [0.717, 1.165) is 12.8 Å². The summed E-state index contributed by atoms with van der Waals surface area (Å²) in [6, 6.07) is 6.78. The quantitative estimate of drug-likeness (QED) is 0.806. The number of hydrogen-bond donors (Lipinski definition) is 2. The molecule has 3 N–H and O–H groups in total. The zero-order valence-corrected chi connectivity index (χ0v) is 12.7. The Bertz CT molecular complexity index is 498. The average Bonchev–Trinajstić information content (AvgIpc) is 2.35. The van der Waals surface area contributed by atoms with Gasteiger partial charge in [0.05, 0.1) is 4.90 Å². The summed E-state index contributed by atoms with van der Waals surface area (Å²) in [6.07, 6.45) is 1.84. The number of sulfonamides is 1. The Balaban J connectivity index is 2.81. The Hall–Kier alpha value is -0.910. The second-order valence-corrected chi connectivity index (χ2v) is 6.99. The second kappa shape index (κ2) is 7.03. The third kappa shape index (κ3) is 4.93. The summed E-state index contributed by atoms with van der Waals surface area (Å²) in [6.45, 7) is 6.37. The largest absolute Gasteiger partial charge is 0.326 e. The Kier molecular flexibility index (Phi) is 5.97. The van der Waals surface area contributed by atoms with Gasteiger partial charge >= 0.3 is 0 Å². The molecular formula is C14H24N2O2S. The Labute approximate surface area is 116 Å². The molecule has 0 heterocycles. The molecule has 1 unspecified atom stereocenters. The normalized spacial score (nSPS) is 13.7. The summed E-state index contributed by atoms with van der Waals surface area (Å²) < 4.78 is 27.3. The molecule has 0 saturated carbocycles. The number of nitrogens with one attached hydrogen (secondary N) is 1. The summed E-state index contributed by atoms with van der Waals surface area (Å²) in [5, 5.41) is 0. The minimum Gasteiger partial charge on any atom is -0.326 e. The van der Waals surface area contributed by atoms with Crippen LogP contribution < -0.4 is 10.5 Å². The third-order valence-corrected chi connectivity index (χ3v) is 4.71. The molecule has 1 atom stereocenters. The molecule has 1 aromatic rings. The SMILES string of the molecule is CC(C)CCC(C)NS(=O)(=O)c1ccccc1CN. The van der Waals surface area contributed by atoms with Crippen molar-refractivity contribution in [1.82, 2.24) is 4.72 Å². The molecule has 1 aromatic carbocycles. The molecular weight excluding hydrogens is 260 g/mol. The van der Waals surface area contributed by atoms with Crippen LogP contribution in [0, 0.1) is 5.92 Å². The van der Waals surface area contributed by atoms with Crippen molar-refractivity contribution < 1.29 is 8.42 Å². The highest BCUT2D eigenvalue weighted by Crippen LogP contribution is 2.16. The van der Waals surface area contributed by atoms with Crippen molar-refractivity contribution in [3.8, 4) is 0 Å². The lowest BCUT2D eigenvalue weighted by Crippen LogP contribution is -2.33. The Morgan fingerprint density at radius 1 is 1.16 bits per heavy atom. The molecule has 4 nitrogen and oxygen atoms in total. The van der Waals surface area contributed by atoms with Gasteiger partial charge in [-0.1, -0.05) is 32.0 Å². The summed E-state index contributed by atoms with van der Waals surface area (Å²) in [7, 11) is -3.48. The molecule has 0 aliphatic carbocycles. The average molecular weight is 284 g/mol. The summed E-state index contributed by atoms with van der Waals surface area (Å²) in [5.74, 6) is 0.572. The van der Waals surface area contributed by atoms with Gasteiger partial charge in [-0.2, -0.15) is 0 Å². The first-order valence-electron chi connectivity index (χ1n) is 6.67. The van der Waals surface area contributed by atoms with E-state index in [1.54, 1.807) is 24.3 Å². The van der Waals surface area contributed by atoms with Gasteiger partial charge in [-0.25, -0.2) is 13.1 Å². The fourth-order valence-electron chi connectivity index (χ4n) is 1.91. The molecule has 19 heavy (non-hydrogen) atoms. The third-order valence-electron chi connectivity index (χ3n) is 3.02. The maximum atomic E-state index is 12.3. The number of benzene rings is 1. The van der Waals surface area contributed by atoms with Gasteiger partial charge in [-0.15, -0.1) is 0 Å². The van der Waals surface area contributed by atoms with Crippen molar-refractivity contribution in [2.45, 2.75) is 51.1 Å². The van der Waals surface area contributed by atoms with Gasteiger partial charge in [0.1, 0.15) is 0 Å². The predicted molar refractivity (Wildman–Crippen MR) is 78.2 cm³/mol. The van der Waals surface area contributed by atoms with Crippen LogP contribution in [0.25, 0.3) is 0 Å². The van der Waals surface area contributed by atoms with Crippen LogP contribution in [0.4, 0.5) is 0 Å². The lowest BCUT2D eigenvalue weighted by molar-refractivity contribution is 0.485. The maximum absolute atomic E-state index is 12.3. The molecule has 0 saturated heterocycles. The molecule has 0 aromatic heterocycles. The van der Waals surface area contributed by atoms with Crippen molar-refractivity contribution in [3.05, 3.63) is 29.8 Å². The molecule has 0 bridgehead atoms. The van der Waals surface area contributed by atoms with Crippen LogP contribution in [-0.4, -0.2) is 14.5 Å². The minimum atomic E-state index is -3.48. The zero-order chi connectivity index (χ0) is 14.5. The number of nitrogens with two attached hydrogens (primary N) is 1. The van der Waals surface area contributed by atoms with E-state index < -0.39 is 10.0 Å². The van der Waals surface area contributed by atoms with Crippen LogP contribution in [0.3, 0.4) is 0 Å². The van der Waals surface area contributed by atoms with Crippen molar-refractivity contribution in [3.63, 3.8) is 0 Å². The Morgan fingerprint density at radius 3 is 2.37 bits per heavy atom. The zero-order valence-electron chi connectivity index (χ0n) is 11.9. The van der Waals surface area contributed by atoms with Gasteiger partial charge in [0.2, 0.25) is 10.0 Å². The van der Waals surface area contributed by atoms with E-state index in [0.29, 0.717) is 11.5 Å². The van der Waals surface area contributed by atoms with Crippen LogP contribution in [0.2, 0.25) is 0 Å². The first-order valence-corrected chi connectivity index (χ1v) is 8.15. The number of rotatable bonds is 7. The van der Waals surface area contributed by atoms with Gasteiger partial charge in [0, 0.05) is 12.6 Å². The number of hydrogen-bond acceptors (Lipinski definition) is 3. The highest BCUT2D eigenvalue weighted by molar-refractivity contribution is 7.89. The predicted octanol–water partition coefficient (Wildman–Crippen LogP) is 2.25. The van der Waals surface area contributed by atoms with Crippen LogP contribution in [0.1, 0.15) is 39.2 Å². The van der Waals surface area contributed by atoms with Gasteiger partial charge in [-0.05, 0) is 37.3 Å². The molecule has 0 aliphatic heterocycles. The molecule has 0 spiro atoms. The van der Waals surface area contributed by atoms with Crippen molar-refractivity contribution in [2.75, 3.05) is 0 Å². The molecule has 5 heteroatoms. The fourth-order valence-corrected chi connectivity index (χ4v) is 3.43. The monoisotopic (exact) mass is 284 g/mol.